The Morgan fingerprint density at radius 1 is 1.21 bits per heavy atom. The second-order valence-electron chi connectivity index (χ2n) is 7.94. The highest BCUT2D eigenvalue weighted by Crippen LogP contribution is 2.29. The second kappa shape index (κ2) is 11.8. The van der Waals surface area contributed by atoms with Crippen LogP contribution in [0.1, 0.15) is 30.1 Å². The molecule has 0 aliphatic carbocycles. The molecule has 1 aliphatic rings. The molecule has 3 rings (SSSR count). The summed E-state index contributed by atoms with van der Waals surface area (Å²) in [5.41, 5.74) is 7.81. The number of benzene rings is 2. The highest BCUT2D eigenvalue weighted by molar-refractivity contribution is 6.30. The molecule has 8 nitrogen and oxygen atoms in total. The van der Waals surface area contributed by atoms with Crippen molar-refractivity contribution in [2.75, 3.05) is 18.4 Å². The van der Waals surface area contributed by atoms with E-state index < -0.39 is 36.1 Å². The Morgan fingerprint density at radius 2 is 1.94 bits per heavy atom. The van der Waals surface area contributed by atoms with Crippen molar-refractivity contribution in [3.8, 4) is 0 Å². The van der Waals surface area contributed by atoms with E-state index in [-0.39, 0.29) is 6.54 Å². The molecular weight excluding hydrogens is 456 g/mol. The van der Waals surface area contributed by atoms with E-state index in [1.807, 2.05) is 36.4 Å². The maximum atomic E-state index is 12.9. The fraction of sp³-hybridized carbons (Fsp3) is 0.280. The lowest BCUT2D eigenvalue weighted by molar-refractivity contribution is -0.153. The first kappa shape index (κ1) is 25.5. The van der Waals surface area contributed by atoms with Gasteiger partial charge in [-0.1, -0.05) is 54.1 Å². The zero-order valence-corrected chi connectivity index (χ0v) is 19.5. The van der Waals surface area contributed by atoms with Gasteiger partial charge >= 0.3 is 0 Å². The van der Waals surface area contributed by atoms with Crippen LogP contribution in [-0.4, -0.2) is 52.2 Å². The van der Waals surface area contributed by atoms with Crippen molar-refractivity contribution in [2.45, 2.75) is 31.2 Å². The minimum Gasteiger partial charge on any atom is -0.380 e. The van der Waals surface area contributed by atoms with Gasteiger partial charge in [-0.15, -0.1) is 0 Å². The van der Waals surface area contributed by atoms with Crippen molar-refractivity contribution in [1.82, 2.24) is 10.2 Å². The molecule has 2 aromatic rings. The normalized spacial score (nSPS) is 18.0. The zero-order chi connectivity index (χ0) is 24.7. The van der Waals surface area contributed by atoms with E-state index in [2.05, 4.69) is 10.6 Å². The van der Waals surface area contributed by atoms with Crippen LogP contribution in [0, 0.1) is 0 Å². The monoisotopic (exact) mass is 484 g/mol. The number of carbonyl (C=O) groups is 2. The Kier molecular flexibility index (Phi) is 8.84. The van der Waals surface area contributed by atoms with E-state index in [0.29, 0.717) is 11.6 Å². The molecule has 0 fully saturated rings. The molecule has 1 aliphatic heterocycles. The molecule has 6 N–H and O–H groups in total. The first-order valence-electron chi connectivity index (χ1n) is 10.9. The summed E-state index contributed by atoms with van der Waals surface area (Å²) in [6.45, 7) is 2.42. The van der Waals surface area contributed by atoms with Gasteiger partial charge in [-0.25, -0.2) is 0 Å². The van der Waals surface area contributed by atoms with Gasteiger partial charge in [0.1, 0.15) is 0 Å². The fourth-order valence-electron chi connectivity index (χ4n) is 3.65. The number of carbonyl (C=O) groups excluding carboxylic acids is 2. The molecule has 180 valence electrons. The third kappa shape index (κ3) is 6.24. The van der Waals surface area contributed by atoms with Crippen molar-refractivity contribution >= 4 is 29.1 Å². The Bertz CT molecular complexity index is 1060. The molecular formula is C25H29ClN4O4. The molecule has 9 heteroatoms. The molecule has 0 radical (unpaired) electrons. The summed E-state index contributed by atoms with van der Waals surface area (Å²) in [7, 11) is 0. The molecule has 2 amide bonds. The number of hydrogen-bond donors (Lipinski definition) is 5. The standard InChI is InChI=1S/C25H29ClN4O4/c1-16(17-8-10-20(11-9-17)28-13-4-12-27)29-24(33)22(31)23(32)25(34)30-14-3-7-21(30)18-5-2-6-19(26)15-18/h2-11,13,15-16,21-23,28,31-32H,12,14,27H2,1H3,(H,29,33)/b13-4-/t16-,21-,22-,23-/m1/s1. The number of nitrogens with two attached hydrogens (primary N) is 1. The van der Waals surface area contributed by atoms with Crippen LogP contribution in [0.2, 0.25) is 5.02 Å². The highest BCUT2D eigenvalue weighted by Gasteiger charge is 2.37. The van der Waals surface area contributed by atoms with Crippen molar-refractivity contribution < 1.29 is 19.8 Å². The van der Waals surface area contributed by atoms with Gasteiger partial charge in [-0.2, -0.15) is 0 Å². The van der Waals surface area contributed by atoms with Crippen molar-refractivity contribution in [2.24, 2.45) is 5.73 Å². The number of aliphatic hydroxyl groups is 2. The van der Waals surface area contributed by atoms with Crippen molar-refractivity contribution in [3.63, 3.8) is 0 Å². The largest absolute Gasteiger partial charge is 0.380 e. The van der Waals surface area contributed by atoms with Crippen LogP contribution >= 0.6 is 11.6 Å². The van der Waals surface area contributed by atoms with Gasteiger partial charge in [-0.3, -0.25) is 9.59 Å². The molecule has 0 aromatic heterocycles. The molecule has 4 atom stereocenters. The smallest absolute Gasteiger partial charge is 0.255 e. The molecule has 1 heterocycles. The van der Waals surface area contributed by atoms with Crippen LogP contribution in [-0.2, 0) is 9.59 Å². The fourth-order valence-corrected chi connectivity index (χ4v) is 3.85. The molecule has 0 saturated heterocycles. The summed E-state index contributed by atoms with van der Waals surface area (Å²) in [5, 5.41) is 27.1. The van der Waals surface area contributed by atoms with Crippen LogP contribution in [0.15, 0.2) is 73.0 Å². The quantitative estimate of drug-likeness (QED) is 0.347. The topological polar surface area (TPSA) is 128 Å². The number of nitrogens with one attached hydrogen (secondary N) is 2. The first-order chi connectivity index (χ1) is 16.3. The number of amides is 2. The summed E-state index contributed by atoms with van der Waals surface area (Å²) in [5.74, 6) is -1.58. The van der Waals surface area contributed by atoms with E-state index >= 15 is 0 Å². The van der Waals surface area contributed by atoms with Crippen LogP contribution in [0.3, 0.4) is 0 Å². The van der Waals surface area contributed by atoms with Crippen LogP contribution in [0.5, 0.6) is 0 Å². The van der Waals surface area contributed by atoms with Gasteiger partial charge < -0.3 is 31.5 Å². The van der Waals surface area contributed by atoms with E-state index in [1.165, 1.54) is 4.90 Å². The molecule has 2 aromatic carbocycles. The van der Waals surface area contributed by atoms with E-state index in [0.717, 1.165) is 16.8 Å². The number of aliphatic hydroxyl groups excluding tert-OH is 2. The number of anilines is 1. The summed E-state index contributed by atoms with van der Waals surface area (Å²) < 4.78 is 0. The minimum absolute atomic E-state index is 0.249. The third-order valence-electron chi connectivity index (χ3n) is 5.52. The number of hydrogen-bond acceptors (Lipinski definition) is 6. The summed E-state index contributed by atoms with van der Waals surface area (Å²) in [6.07, 6.45) is 3.29. The predicted molar refractivity (Wildman–Crippen MR) is 132 cm³/mol. The maximum absolute atomic E-state index is 12.9. The Morgan fingerprint density at radius 3 is 2.62 bits per heavy atom. The minimum atomic E-state index is -1.92. The molecule has 0 spiro atoms. The van der Waals surface area contributed by atoms with Crippen LogP contribution < -0.4 is 16.4 Å². The van der Waals surface area contributed by atoms with E-state index in [4.69, 9.17) is 17.3 Å². The average Bonchev–Trinajstić information content (AvgIpc) is 3.33. The van der Waals surface area contributed by atoms with Crippen LogP contribution in [0.25, 0.3) is 0 Å². The summed E-state index contributed by atoms with van der Waals surface area (Å²) >= 11 is 6.06. The SMILES string of the molecule is C[C@@H](NC(=O)[C@H](O)[C@@H](O)C(=O)N1CC=C[C@@H]1c1cccc(Cl)c1)c1ccc(N/C=C\CN)cc1. The van der Waals surface area contributed by atoms with Gasteiger partial charge in [0, 0.05) is 23.8 Å². The van der Waals surface area contributed by atoms with Gasteiger partial charge in [0.15, 0.2) is 12.2 Å². The molecule has 0 bridgehead atoms. The number of rotatable bonds is 9. The third-order valence-corrected chi connectivity index (χ3v) is 5.76. The summed E-state index contributed by atoms with van der Waals surface area (Å²) in [4.78, 5) is 26.9. The summed E-state index contributed by atoms with van der Waals surface area (Å²) in [6, 6.07) is 13.5. The maximum Gasteiger partial charge on any atom is 0.255 e. The highest BCUT2D eigenvalue weighted by atomic mass is 35.5. The number of nitrogens with zero attached hydrogens (tertiary/aromatic N) is 1. The van der Waals surface area contributed by atoms with Crippen molar-refractivity contribution in [1.29, 1.82) is 0 Å². The van der Waals surface area contributed by atoms with Gasteiger partial charge in [0.2, 0.25) is 0 Å². The molecule has 0 saturated carbocycles. The van der Waals surface area contributed by atoms with Gasteiger partial charge in [0.05, 0.1) is 12.1 Å². The molecule has 0 unspecified atom stereocenters. The van der Waals surface area contributed by atoms with Crippen LogP contribution in [0.4, 0.5) is 5.69 Å². The van der Waals surface area contributed by atoms with Crippen molar-refractivity contribution in [3.05, 3.63) is 89.1 Å². The average molecular weight is 485 g/mol. The lowest BCUT2D eigenvalue weighted by Crippen LogP contribution is -2.51. The number of halogens is 1. The van der Waals surface area contributed by atoms with Gasteiger partial charge in [-0.05, 0) is 48.5 Å². The zero-order valence-electron chi connectivity index (χ0n) is 18.8. The molecule has 34 heavy (non-hydrogen) atoms. The lowest BCUT2D eigenvalue weighted by Gasteiger charge is -2.29. The lowest BCUT2D eigenvalue weighted by atomic mass is 10.0. The predicted octanol–water partition coefficient (Wildman–Crippen LogP) is 2.26. The Balaban J connectivity index is 1.60. The Labute approximate surface area is 203 Å². The second-order valence-corrected chi connectivity index (χ2v) is 8.38. The first-order valence-corrected chi connectivity index (χ1v) is 11.3. The van der Waals surface area contributed by atoms with E-state index in [1.54, 1.807) is 43.5 Å². The van der Waals surface area contributed by atoms with Gasteiger partial charge in [0.25, 0.3) is 11.8 Å². The Hall–Kier alpha value is -3.17. The van der Waals surface area contributed by atoms with E-state index in [9.17, 15) is 19.8 Å².